The predicted octanol–water partition coefficient (Wildman–Crippen LogP) is 3.47. The van der Waals surface area contributed by atoms with Gasteiger partial charge in [0.05, 0.1) is 5.69 Å². The lowest BCUT2D eigenvalue weighted by atomic mass is 10.1. The lowest BCUT2D eigenvalue weighted by Gasteiger charge is -2.06. The molecule has 0 bridgehead atoms. The van der Waals surface area contributed by atoms with Crippen LogP contribution in [0.5, 0.6) is 0 Å². The van der Waals surface area contributed by atoms with Crippen LogP contribution in [0, 0.1) is 0 Å². The second kappa shape index (κ2) is 5.96. The molecule has 4 heteroatoms. The zero-order chi connectivity index (χ0) is 13.0. The predicted molar refractivity (Wildman–Crippen MR) is 76.5 cm³/mol. The third-order valence-corrected chi connectivity index (χ3v) is 3.20. The Kier molecular flexibility index (Phi) is 4.31. The second-order valence-corrected chi connectivity index (χ2v) is 5.06. The highest BCUT2D eigenvalue weighted by atomic mass is 79.9. The molecule has 94 valence electrons. The van der Waals surface area contributed by atoms with Crippen molar-refractivity contribution in [1.82, 2.24) is 9.78 Å². The number of aromatic nitrogens is 2. The molecule has 2 aromatic rings. The van der Waals surface area contributed by atoms with Gasteiger partial charge < -0.3 is 0 Å². The van der Waals surface area contributed by atoms with E-state index in [2.05, 4.69) is 28.0 Å². The molecule has 0 atom stereocenters. The van der Waals surface area contributed by atoms with Crippen molar-refractivity contribution < 1.29 is 0 Å². The molecule has 1 aromatic heterocycles. The van der Waals surface area contributed by atoms with Crippen LogP contribution in [-0.4, -0.2) is 9.78 Å². The molecular formula is C14H15BrN2O. The Balaban J connectivity index is 2.37. The highest BCUT2D eigenvalue weighted by Crippen LogP contribution is 2.20. The summed E-state index contributed by atoms with van der Waals surface area (Å²) in [4.78, 5) is 11.7. The van der Waals surface area contributed by atoms with Crippen molar-refractivity contribution in [3.05, 3.63) is 51.2 Å². The molecule has 0 amide bonds. The van der Waals surface area contributed by atoms with Gasteiger partial charge in [0, 0.05) is 22.6 Å². The van der Waals surface area contributed by atoms with Crippen molar-refractivity contribution in [3.63, 3.8) is 0 Å². The minimum atomic E-state index is -0.0396. The fourth-order valence-electron chi connectivity index (χ4n) is 1.72. The molecule has 0 N–H and O–H groups in total. The Labute approximate surface area is 115 Å². The van der Waals surface area contributed by atoms with E-state index >= 15 is 0 Å². The van der Waals surface area contributed by atoms with E-state index in [1.54, 1.807) is 16.8 Å². The van der Waals surface area contributed by atoms with Crippen LogP contribution in [0.2, 0.25) is 0 Å². The molecule has 2 rings (SSSR count). The zero-order valence-corrected chi connectivity index (χ0v) is 11.9. The first-order valence-corrected chi connectivity index (χ1v) is 6.84. The SMILES string of the molecule is CCCCn1nc(-c2cccc(Br)c2)ccc1=O. The van der Waals surface area contributed by atoms with Crippen LogP contribution < -0.4 is 5.56 Å². The van der Waals surface area contributed by atoms with Gasteiger partial charge in [-0.3, -0.25) is 4.79 Å². The number of benzene rings is 1. The molecule has 0 aliphatic rings. The number of hydrogen-bond donors (Lipinski definition) is 0. The summed E-state index contributed by atoms with van der Waals surface area (Å²) in [6.45, 7) is 2.78. The molecule has 0 spiro atoms. The van der Waals surface area contributed by atoms with Crippen LogP contribution >= 0.6 is 15.9 Å². The number of nitrogens with zero attached hydrogens (tertiary/aromatic N) is 2. The Morgan fingerprint density at radius 3 is 2.83 bits per heavy atom. The molecule has 0 unspecified atom stereocenters. The van der Waals surface area contributed by atoms with Gasteiger partial charge in [0.2, 0.25) is 0 Å². The minimum absolute atomic E-state index is 0.0396. The van der Waals surface area contributed by atoms with Crippen molar-refractivity contribution in [2.75, 3.05) is 0 Å². The van der Waals surface area contributed by atoms with Gasteiger partial charge in [0.15, 0.2) is 0 Å². The summed E-state index contributed by atoms with van der Waals surface area (Å²) in [6, 6.07) is 11.3. The van der Waals surface area contributed by atoms with Crippen molar-refractivity contribution >= 4 is 15.9 Å². The van der Waals surface area contributed by atoms with Crippen LogP contribution in [0.3, 0.4) is 0 Å². The van der Waals surface area contributed by atoms with Gasteiger partial charge in [-0.15, -0.1) is 0 Å². The van der Waals surface area contributed by atoms with Gasteiger partial charge in [0.25, 0.3) is 5.56 Å². The molecule has 0 aliphatic carbocycles. The van der Waals surface area contributed by atoms with Crippen LogP contribution in [0.25, 0.3) is 11.3 Å². The summed E-state index contributed by atoms with van der Waals surface area (Å²) in [5.41, 5.74) is 1.80. The molecule has 18 heavy (non-hydrogen) atoms. The molecular weight excluding hydrogens is 292 g/mol. The van der Waals surface area contributed by atoms with Crippen LogP contribution in [0.1, 0.15) is 19.8 Å². The summed E-state index contributed by atoms with van der Waals surface area (Å²) >= 11 is 3.44. The van der Waals surface area contributed by atoms with Crippen molar-refractivity contribution in [1.29, 1.82) is 0 Å². The third kappa shape index (κ3) is 3.07. The third-order valence-electron chi connectivity index (χ3n) is 2.71. The maximum Gasteiger partial charge on any atom is 0.266 e. The number of halogens is 1. The maximum absolute atomic E-state index is 11.7. The van der Waals surface area contributed by atoms with Gasteiger partial charge in [0.1, 0.15) is 0 Å². The van der Waals surface area contributed by atoms with E-state index in [1.165, 1.54) is 0 Å². The number of aryl methyl sites for hydroxylation is 1. The first-order chi connectivity index (χ1) is 8.70. The Bertz CT molecular complexity index is 592. The molecule has 1 aromatic carbocycles. The van der Waals surface area contributed by atoms with E-state index in [0.29, 0.717) is 6.54 Å². The largest absolute Gasteiger partial charge is 0.268 e. The van der Waals surface area contributed by atoms with E-state index in [1.807, 2.05) is 24.3 Å². The van der Waals surface area contributed by atoms with Gasteiger partial charge in [-0.1, -0.05) is 41.4 Å². The average molecular weight is 307 g/mol. The zero-order valence-electron chi connectivity index (χ0n) is 10.3. The first-order valence-electron chi connectivity index (χ1n) is 6.05. The van der Waals surface area contributed by atoms with E-state index < -0.39 is 0 Å². The first kappa shape index (κ1) is 13.0. The molecule has 0 saturated heterocycles. The standard InChI is InChI=1S/C14H15BrN2O/c1-2-3-9-17-14(18)8-7-13(16-17)11-5-4-6-12(15)10-11/h4-8,10H,2-3,9H2,1H3. The van der Waals surface area contributed by atoms with E-state index in [-0.39, 0.29) is 5.56 Å². The summed E-state index contributed by atoms with van der Waals surface area (Å²) in [5.74, 6) is 0. The number of rotatable bonds is 4. The topological polar surface area (TPSA) is 34.9 Å². The smallest absolute Gasteiger partial charge is 0.266 e. The summed E-state index contributed by atoms with van der Waals surface area (Å²) < 4.78 is 2.55. The van der Waals surface area contributed by atoms with E-state index in [9.17, 15) is 4.79 Å². The maximum atomic E-state index is 11.7. The molecule has 0 saturated carbocycles. The number of unbranched alkanes of at least 4 members (excludes halogenated alkanes) is 1. The van der Waals surface area contributed by atoms with Crippen LogP contribution in [-0.2, 0) is 6.54 Å². The number of hydrogen-bond acceptors (Lipinski definition) is 2. The summed E-state index contributed by atoms with van der Waals surface area (Å²) in [7, 11) is 0. The van der Waals surface area contributed by atoms with Gasteiger partial charge in [-0.2, -0.15) is 5.10 Å². The molecule has 0 aliphatic heterocycles. The van der Waals surface area contributed by atoms with Crippen molar-refractivity contribution in [2.24, 2.45) is 0 Å². The monoisotopic (exact) mass is 306 g/mol. The molecule has 1 heterocycles. The van der Waals surface area contributed by atoms with Crippen LogP contribution in [0.15, 0.2) is 45.7 Å². The quantitative estimate of drug-likeness (QED) is 0.867. The Hall–Kier alpha value is -1.42. The molecule has 0 radical (unpaired) electrons. The van der Waals surface area contributed by atoms with E-state index in [0.717, 1.165) is 28.6 Å². The summed E-state index contributed by atoms with van der Waals surface area (Å²) in [6.07, 6.45) is 2.02. The fraction of sp³-hybridized carbons (Fsp3) is 0.286. The van der Waals surface area contributed by atoms with Crippen molar-refractivity contribution in [2.45, 2.75) is 26.3 Å². The Morgan fingerprint density at radius 1 is 1.28 bits per heavy atom. The lowest BCUT2D eigenvalue weighted by Crippen LogP contribution is -2.22. The minimum Gasteiger partial charge on any atom is -0.268 e. The average Bonchev–Trinajstić information content (AvgIpc) is 2.38. The highest BCUT2D eigenvalue weighted by molar-refractivity contribution is 9.10. The summed E-state index contributed by atoms with van der Waals surface area (Å²) in [5, 5.41) is 4.40. The van der Waals surface area contributed by atoms with Gasteiger partial charge in [-0.05, 0) is 24.6 Å². The van der Waals surface area contributed by atoms with Gasteiger partial charge in [-0.25, -0.2) is 4.68 Å². The fourth-order valence-corrected chi connectivity index (χ4v) is 2.12. The lowest BCUT2D eigenvalue weighted by molar-refractivity contribution is 0.545. The van der Waals surface area contributed by atoms with Crippen LogP contribution in [0.4, 0.5) is 0 Å². The van der Waals surface area contributed by atoms with Gasteiger partial charge >= 0.3 is 0 Å². The normalized spacial score (nSPS) is 10.6. The second-order valence-electron chi connectivity index (χ2n) is 4.14. The van der Waals surface area contributed by atoms with Crippen molar-refractivity contribution in [3.8, 4) is 11.3 Å². The molecule has 0 fully saturated rings. The highest BCUT2D eigenvalue weighted by Gasteiger charge is 2.03. The van der Waals surface area contributed by atoms with E-state index in [4.69, 9.17) is 0 Å². The Morgan fingerprint density at radius 2 is 2.11 bits per heavy atom. The molecule has 3 nitrogen and oxygen atoms in total.